The van der Waals surface area contributed by atoms with E-state index in [2.05, 4.69) is 17.0 Å². The molecule has 2 aliphatic heterocycles. The summed E-state index contributed by atoms with van der Waals surface area (Å²) in [6.07, 6.45) is 1.61. The second kappa shape index (κ2) is 8.97. The van der Waals surface area contributed by atoms with Crippen LogP contribution >= 0.6 is 0 Å². The maximum absolute atomic E-state index is 12.6. The van der Waals surface area contributed by atoms with Crippen molar-refractivity contribution >= 4 is 11.9 Å². The van der Waals surface area contributed by atoms with Gasteiger partial charge in [-0.2, -0.15) is 0 Å². The Bertz CT molecular complexity index is 1100. The maximum atomic E-state index is 12.6. The van der Waals surface area contributed by atoms with Gasteiger partial charge in [-0.25, -0.2) is 9.59 Å². The van der Waals surface area contributed by atoms with Gasteiger partial charge in [0.15, 0.2) is 0 Å². The Morgan fingerprint density at radius 3 is 2.44 bits per heavy atom. The average molecular weight is 428 g/mol. The zero-order valence-corrected chi connectivity index (χ0v) is 17.7. The Hall–Kier alpha value is -3.44. The van der Waals surface area contributed by atoms with Crippen molar-refractivity contribution in [3.63, 3.8) is 0 Å². The normalized spacial score (nSPS) is 21.1. The number of hydrogen-bond donors (Lipinski definition) is 0. The van der Waals surface area contributed by atoms with E-state index in [9.17, 15) is 9.59 Å². The summed E-state index contributed by atoms with van der Waals surface area (Å²) in [4.78, 5) is 27.4. The molecule has 2 heterocycles. The Kier molecular flexibility index (Phi) is 5.73. The molecule has 3 atom stereocenters. The van der Waals surface area contributed by atoms with Gasteiger partial charge in [-0.3, -0.25) is 4.90 Å². The standard InChI is InChI=1S/C27H25NO4/c29-26(20-12-5-2-6-13-20)31-18-24(19-10-3-1-4-11-19)28-17-9-16-23(28)25-21-14-7-8-15-22(21)27(30)32-25/h1-8,10-15,23-25H,9,16-18H2/t23-,24+,25+/m1/s1. The van der Waals surface area contributed by atoms with Gasteiger partial charge in [0.25, 0.3) is 0 Å². The summed E-state index contributed by atoms with van der Waals surface area (Å²) in [5, 5.41) is 0. The number of rotatable bonds is 6. The van der Waals surface area contributed by atoms with E-state index in [1.807, 2.05) is 60.7 Å². The van der Waals surface area contributed by atoms with E-state index in [0.29, 0.717) is 11.1 Å². The van der Waals surface area contributed by atoms with Gasteiger partial charge in [0.1, 0.15) is 12.7 Å². The third kappa shape index (κ3) is 3.92. The van der Waals surface area contributed by atoms with Crippen LogP contribution in [0.5, 0.6) is 0 Å². The second-order valence-electron chi connectivity index (χ2n) is 8.25. The van der Waals surface area contributed by atoms with E-state index in [4.69, 9.17) is 9.47 Å². The molecule has 3 aromatic carbocycles. The molecule has 0 unspecified atom stereocenters. The number of esters is 2. The predicted octanol–water partition coefficient (Wildman–Crippen LogP) is 4.96. The van der Waals surface area contributed by atoms with Crippen LogP contribution in [0, 0.1) is 0 Å². The lowest BCUT2D eigenvalue weighted by atomic mass is 9.96. The van der Waals surface area contributed by atoms with Crippen molar-refractivity contribution in [1.29, 1.82) is 0 Å². The molecule has 2 aliphatic rings. The van der Waals surface area contributed by atoms with Crippen LogP contribution in [0.1, 0.15) is 56.8 Å². The van der Waals surface area contributed by atoms with Gasteiger partial charge >= 0.3 is 11.9 Å². The van der Waals surface area contributed by atoms with Gasteiger partial charge in [-0.05, 0) is 43.1 Å². The maximum Gasteiger partial charge on any atom is 0.339 e. The Labute approximate surface area is 187 Å². The quantitative estimate of drug-likeness (QED) is 0.521. The van der Waals surface area contributed by atoms with E-state index in [-0.39, 0.29) is 36.7 Å². The van der Waals surface area contributed by atoms with E-state index in [0.717, 1.165) is 30.5 Å². The largest absolute Gasteiger partial charge is 0.460 e. The molecule has 32 heavy (non-hydrogen) atoms. The third-order valence-electron chi connectivity index (χ3n) is 6.38. The SMILES string of the molecule is O=C(OC[C@@H](c1ccccc1)N1CCC[C@@H]1[C@H]1OC(=O)c2ccccc21)c1ccccc1. The lowest BCUT2D eigenvalue weighted by molar-refractivity contribution is -0.00406. The summed E-state index contributed by atoms with van der Waals surface area (Å²) >= 11 is 0. The van der Waals surface area contributed by atoms with Crippen molar-refractivity contribution in [2.24, 2.45) is 0 Å². The minimum Gasteiger partial charge on any atom is -0.460 e. The molecule has 1 saturated heterocycles. The minimum atomic E-state index is -0.333. The van der Waals surface area contributed by atoms with Crippen LogP contribution in [0.4, 0.5) is 0 Å². The van der Waals surface area contributed by atoms with Crippen LogP contribution in [-0.4, -0.2) is 36.0 Å². The van der Waals surface area contributed by atoms with Crippen LogP contribution in [0.3, 0.4) is 0 Å². The molecular formula is C27H25NO4. The van der Waals surface area contributed by atoms with Crippen molar-refractivity contribution in [2.75, 3.05) is 13.2 Å². The summed E-state index contributed by atoms with van der Waals surface area (Å²) in [5.74, 6) is -0.593. The monoisotopic (exact) mass is 427 g/mol. The van der Waals surface area contributed by atoms with Gasteiger partial charge in [0.05, 0.1) is 23.2 Å². The summed E-state index contributed by atoms with van der Waals surface area (Å²) in [7, 11) is 0. The van der Waals surface area contributed by atoms with Crippen LogP contribution in [0.25, 0.3) is 0 Å². The molecule has 0 saturated carbocycles. The second-order valence-corrected chi connectivity index (χ2v) is 8.25. The fourth-order valence-corrected chi connectivity index (χ4v) is 4.86. The number of benzene rings is 3. The first kappa shape index (κ1) is 20.5. The minimum absolute atomic E-state index is 0.0308. The van der Waals surface area contributed by atoms with E-state index in [1.165, 1.54) is 0 Å². The fraction of sp³-hybridized carbons (Fsp3) is 0.259. The number of likely N-dealkylation sites (tertiary alicyclic amines) is 1. The molecule has 0 amide bonds. The molecule has 5 nitrogen and oxygen atoms in total. The molecule has 0 spiro atoms. The highest BCUT2D eigenvalue weighted by Gasteiger charge is 2.43. The van der Waals surface area contributed by atoms with Crippen molar-refractivity contribution in [2.45, 2.75) is 31.0 Å². The molecule has 5 heteroatoms. The molecule has 0 N–H and O–H groups in total. The predicted molar refractivity (Wildman–Crippen MR) is 120 cm³/mol. The highest BCUT2D eigenvalue weighted by Crippen LogP contribution is 2.42. The third-order valence-corrected chi connectivity index (χ3v) is 6.38. The molecule has 162 valence electrons. The number of hydrogen-bond acceptors (Lipinski definition) is 5. The molecular weight excluding hydrogens is 402 g/mol. The molecule has 3 aromatic rings. The molecule has 0 aromatic heterocycles. The Morgan fingerprint density at radius 1 is 0.969 bits per heavy atom. The summed E-state index contributed by atoms with van der Waals surface area (Å²) < 4.78 is 11.6. The fourth-order valence-electron chi connectivity index (χ4n) is 4.86. The van der Waals surface area contributed by atoms with E-state index < -0.39 is 0 Å². The molecule has 0 bridgehead atoms. The molecule has 1 fully saturated rings. The van der Waals surface area contributed by atoms with Gasteiger partial charge in [-0.1, -0.05) is 66.7 Å². The number of carbonyl (C=O) groups excluding carboxylic acids is 2. The van der Waals surface area contributed by atoms with Gasteiger partial charge in [0, 0.05) is 5.56 Å². The van der Waals surface area contributed by atoms with Crippen molar-refractivity contribution in [1.82, 2.24) is 4.90 Å². The van der Waals surface area contributed by atoms with Crippen molar-refractivity contribution in [3.05, 3.63) is 107 Å². The van der Waals surface area contributed by atoms with E-state index in [1.54, 1.807) is 12.1 Å². The first-order valence-corrected chi connectivity index (χ1v) is 11.0. The lowest BCUT2D eigenvalue weighted by Gasteiger charge is -2.35. The topological polar surface area (TPSA) is 55.8 Å². The zero-order chi connectivity index (χ0) is 21.9. The zero-order valence-electron chi connectivity index (χ0n) is 17.7. The van der Waals surface area contributed by atoms with Crippen LogP contribution in [-0.2, 0) is 9.47 Å². The average Bonchev–Trinajstić information content (AvgIpc) is 3.45. The van der Waals surface area contributed by atoms with Crippen LogP contribution < -0.4 is 0 Å². The number of carbonyl (C=O) groups is 2. The van der Waals surface area contributed by atoms with Gasteiger partial charge in [0.2, 0.25) is 0 Å². The number of nitrogens with zero attached hydrogens (tertiary/aromatic N) is 1. The van der Waals surface area contributed by atoms with Gasteiger partial charge < -0.3 is 9.47 Å². The van der Waals surface area contributed by atoms with E-state index >= 15 is 0 Å². The summed E-state index contributed by atoms with van der Waals surface area (Å²) in [5.41, 5.74) is 3.22. The lowest BCUT2D eigenvalue weighted by Crippen LogP contribution is -2.40. The van der Waals surface area contributed by atoms with Crippen LogP contribution in [0.2, 0.25) is 0 Å². The Balaban J connectivity index is 1.41. The summed E-state index contributed by atoms with van der Waals surface area (Å²) in [6, 6.07) is 26.7. The number of fused-ring (bicyclic) bond motifs is 1. The smallest absolute Gasteiger partial charge is 0.339 e. The van der Waals surface area contributed by atoms with Crippen molar-refractivity contribution in [3.8, 4) is 0 Å². The number of ether oxygens (including phenoxy) is 2. The van der Waals surface area contributed by atoms with Crippen molar-refractivity contribution < 1.29 is 19.1 Å². The molecule has 0 radical (unpaired) electrons. The Morgan fingerprint density at radius 2 is 1.66 bits per heavy atom. The van der Waals surface area contributed by atoms with Gasteiger partial charge in [-0.15, -0.1) is 0 Å². The first-order chi connectivity index (χ1) is 15.7. The highest BCUT2D eigenvalue weighted by molar-refractivity contribution is 5.94. The highest BCUT2D eigenvalue weighted by atomic mass is 16.6. The molecule has 0 aliphatic carbocycles. The van der Waals surface area contributed by atoms with Crippen LogP contribution in [0.15, 0.2) is 84.9 Å². The summed E-state index contributed by atoms with van der Waals surface area (Å²) in [6.45, 7) is 1.08. The first-order valence-electron chi connectivity index (χ1n) is 11.0. The number of cyclic esters (lactones) is 1. The molecule has 5 rings (SSSR count).